The molecule has 0 unspecified atom stereocenters. The minimum Gasteiger partial charge on any atom is -0.418 e. The molecule has 0 spiro atoms. The normalized spacial score (nSPS) is 13.0. The number of nitrogens with zero attached hydrogens (tertiary/aromatic N) is 2. The Hall–Kier alpha value is -2.66. The maximum absolute atomic E-state index is 13.7. The molecule has 0 aliphatic rings. The molecule has 0 bridgehead atoms. The molecule has 2 aromatic rings. The fourth-order valence-electron chi connectivity index (χ4n) is 2.10. The molecular formula is C17H10Cl2F6N2O3. The highest BCUT2D eigenvalue weighted by Crippen LogP contribution is 2.47. The first-order valence-corrected chi connectivity index (χ1v) is 8.41. The summed E-state index contributed by atoms with van der Waals surface area (Å²) in [6.45, 7) is 0. The van der Waals surface area contributed by atoms with Gasteiger partial charge in [-0.1, -0.05) is 36.4 Å². The lowest BCUT2D eigenvalue weighted by Gasteiger charge is -2.36. The molecule has 162 valence electrons. The van der Waals surface area contributed by atoms with Crippen LogP contribution in [-0.4, -0.2) is 34.1 Å². The average molecular weight is 475 g/mol. The van der Waals surface area contributed by atoms with Gasteiger partial charge < -0.3 is 9.47 Å². The molecule has 0 amide bonds. The van der Waals surface area contributed by atoms with Crippen molar-refractivity contribution in [3.05, 3.63) is 71.8 Å². The van der Waals surface area contributed by atoms with Crippen molar-refractivity contribution >= 4 is 35.4 Å². The van der Waals surface area contributed by atoms with Crippen LogP contribution in [0, 0.1) is 0 Å². The molecule has 0 aliphatic heterocycles. The van der Waals surface area contributed by atoms with Crippen molar-refractivity contribution < 1.29 is 40.6 Å². The number of halogens is 8. The first-order chi connectivity index (χ1) is 13.9. The van der Waals surface area contributed by atoms with Crippen LogP contribution in [0.2, 0.25) is 0 Å². The Balaban J connectivity index is 2.61. The third-order valence-corrected chi connectivity index (χ3v) is 3.57. The van der Waals surface area contributed by atoms with Crippen molar-refractivity contribution in [1.82, 2.24) is 4.05 Å². The Morgan fingerprint density at radius 2 is 1.20 bits per heavy atom. The van der Waals surface area contributed by atoms with E-state index in [2.05, 4.69) is 14.6 Å². The molecule has 30 heavy (non-hydrogen) atoms. The van der Waals surface area contributed by atoms with Gasteiger partial charge in [-0.15, -0.1) is 9.15 Å². The topological polar surface area (TPSA) is 51.1 Å². The zero-order valence-corrected chi connectivity index (χ0v) is 15.9. The van der Waals surface area contributed by atoms with E-state index in [-0.39, 0.29) is 9.61 Å². The third kappa shape index (κ3) is 5.28. The van der Waals surface area contributed by atoms with E-state index >= 15 is 0 Å². The third-order valence-electron chi connectivity index (χ3n) is 3.42. The minimum atomic E-state index is -6.27. The molecule has 0 heterocycles. The van der Waals surface area contributed by atoms with Crippen LogP contribution in [-0.2, 0) is 9.47 Å². The molecule has 0 saturated heterocycles. The lowest BCUT2D eigenvalue weighted by Crippen LogP contribution is -2.62. The molecule has 0 fully saturated rings. The zero-order chi connectivity index (χ0) is 22.6. The molecule has 0 aliphatic carbocycles. The van der Waals surface area contributed by atoms with E-state index in [4.69, 9.17) is 23.6 Å². The zero-order valence-electron chi connectivity index (χ0n) is 14.4. The molecule has 13 heteroatoms. The van der Waals surface area contributed by atoms with Crippen LogP contribution in [0.15, 0.2) is 65.8 Å². The van der Waals surface area contributed by atoms with Crippen LogP contribution < -0.4 is 0 Å². The van der Waals surface area contributed by atoms with Gasteiger partial charge in [0.1, 0.15) is 0 Å². The quantitative estimate of drug-likeness (QED) is 0.107. The number of alkyl halides is 6. The maximum atomic E-state index is 13.7. The molecule has 0 saturated carbocycles. The van der Waals surface area contributed by atoms with Crippen molar-refractivity contribution in [2.75, 3.05) is 0 Å². The number of hydrogen-bond donors (Lipinski definition) is 0. The van der Waals surface area contributed by atoms with Gasteiger partial charge in [-0.25, -0.2) is 4.79 Å². The van der Waals surface area contributed by atoms with E-state index < -0.39 is 35.6 Å². The summed E-state index contributed by atoms with van der Waals surface area (Å²) >= 11 is 10.5. The lowest BCUT2D eigenvalue weighted by molar-refractivity contribution is -0.434. The van der Waals surface area contributed by atoms with Gasteiger partial charge in [-0.2, -0.15) is 26.3 Å². The van der Waals surface area contributed by atoms with Crippen LogP contribution in [0.3, 0.4) is 0 Å². The van der Waals surface area contributed by atoms with Crippen LogP contribution in [0.5, 0.6) is 0 Å². The predicted molar refractivity (Wildman–Crippen MR) is 94.3 cm³/mol. The molecule has 0 N–H and O–H groups in total. The largest absolute Gasteiger partial charge is 0.478 e. The van der Waals surface area contributed by atoms with Gasteiger partial charge in [-0.05, 0) is 24.3 Å². The molecule has 2 aromatic carbocycles. The Morgan fingerprint density at radius 3 is 1.60 bits per heavy atom. The Kier molecular flexibility index (Phi) is 7.09. The minimum absolute atomic E-state index is 0.112. The number of carbonyl (C=O) groups excluding carboxylic acids is 1. The number of hydrogen-bond acceptors (Lipinski definition) is 5. The molecule has 0 atom stereocenters. The van der Waals surface area contributed by atoms with Crippen molar-refractivity contribution in [2.24, 2.45) is 5.10 Å². The molecule has 2 rings (SSSR count). The van der Waals surface area contributed by atoms with Gasteiger partial charge in [0, 0.05) is 5.56 Å². The van der Waals surface area contributed by atoms with E-state index in [1.807, 2.05) is 0 Å². The second-order valence-electron chi connectivity index (χ2n) is 5.46. The Labute approximate surface area is 175 Å². The van der Waals surface area contributed by atoms with Gasteiger partial charge in [0.15, 0.2) is 0 Å². The summed E-state index contributed by atoms with van der Waals surface area (Å²) in [5, 5.41) is 3.11. The fraction of sp³-hybridized carbons (Fsp3) is 0.176. The molecular weight excluding hydrogens is 465 g/mol. The number of ether oxygens (including phenoxy) is 2. The Bertz CT molecular complexity index is 876. The summed E-state index contributed by atoms with van der Waals surface area (Å²) in [5.41, 5.74) is -0.939. The monoisotopic (exact) mass is 474 g/mol. The summed E-state index contributed by atoms with van der Waals surface area (Å²) in [6.07, 6.45) is -12.5. The predicted octanol–water partition coefficient (Wildman–Crippen LogP) is 5.65. The first kappa shape index (κ1) is 23.6. The standard InChI is InChI=1S/C17H10Cl2F6N2O3/c18-27(19)26-13(11-7-3-1-4-8-11)29-15(16(20,21)22,17(23,24)25)30-14(28)12-9-5-2-6-10-12/h1-10H. The number of benzene rings is 2. The molecule has 0 aromatic heterocycles. The molecule has 0 radical (unpaired) electrons. The summed E-state index contributed by atoms with van der Waals surface area (Å²) < 4.78 is 90.2. The Morgan fingerprint density at radius 1 is 0.767 bits per heavy atom. The van der Waals surface area contributed by atoms with Gasteiger partial charge in [0.2, 0.25) is 5.90 Å². The van der Waals surface area contributed by atoms with Crippen molar-refractivity contribution in [3.8, 4) is 0 Å². The summed E-state index contributed by atoms with van der Waals surface area (Å²) in [4.78, 5) is 12.1. The van der Waals surface area contributed by atoms with Crippen LogP contribution in [0.1, 0.15) is 15.9 Å². The van der Waals surface area contributed by atoms with E-state index in [1.165, 1.54) is 36.4 Å². The second-order valence-corrected chi connectivity index (χ2v) is 6.27. The smallest absolute Gasteiger partial charge is 0.418 e. The van der Waals surface area contributed by atoms with E-state index in [0.29, 0.717) is 0 Å². The van der Waals surface area contributed by atoms with Gasteiger partial charge in [0.25, 0.3) is 0 Å². The van der Waals surface area contributed by atoms with E-state index in [9.17, 15) is 31.1 Å². The number of rotatable bonds is 5. The second kappa shape index (κ2) is 9.00. The van der Waals surface area contributed by atoms with Gasteiger partial charge >= 0.3 is 24.1 Å². The SMILES string of the molecule is O=C(OC(OC(=NN(Cl)Cl)c1ccccc1)(C(F)(F)F)C(F)(F)F)c1ccccc1. The maximum Gasteiger partial charge on any atom is 0.478 e. The first-order valence-electron chi connectivity index (χ1n) is 7.74. The van der Waals surface area contributed by atoms with E-state index in [0.717, 1.165) is 24.3 Å². The summed E-state index contributed by atoms with van der Waals surface area (Å²) in [5.74, 6) is -8.66. The van der Waals surface area contributed by atoms with Gasteiger partial charge in [-0.3, -0.25) is 0 Å². The highest BCUT2D eigenvalue weighted by molar-refractivity contribution is 6.33. The van der Waals surface area contributed by atoms with Gasteiger partial charge in [0.05, 0.1) is 29.1 Å². The summed E-state index contributed by atoms with van der Waals surface area (Å²) in [6, 6.07) is 11.9. The van der Waals surface area contributed by atoms with Crippen LogP contribution in [0.4, 0.5) is 26.3 Å². The number of hydrazone groups is 1. The molecule has 5 nitrogen and oxygen atoms in total. The summed E-state index contributed by atoms with van der Waals surface area (Å²) in [7, 11) is 0. The van der Waals surface area contributed by atoms with Crippen LogP contribution in [0.25, 0.3) is 0 Å². The van der Waals surface area contributed by atoms with Crippen molar-refractivity contribution in [3.63, 3.8) is 0 Å². The van der Waals surface area contributed by atoms with E-state index in [1.54, 1.807) is 0 Å². The van der Waals surface area contributed by atoms with Crippen LogP contribution >= 0.6 is 23.6 Å². The number of esters is 1. The fourth-order valence-corrected chi connectivity index (χ4v) is 2.24. The van der Waals surface area contributed by atoms with Crippen molar-refractivity contribution in [1.29, 1.82) is 0 Å². The lowest BCUT2D eigenvalue weighted by atomic mass is 10.2. The highest BCUT2D eigenvalue weighted by atomic mass is 35.5. The average Bonchev–Trinajstić information content (AvgIpc) is 2.66. The number of carbonyl (C=O) groups is 1. The van der Waals surface area contributed by atoms with Crippen molar-refractivity contribution in [2.45, 2.75) is 18.1 Å². The highest BCUT2D eigenvalue weighted by Gasteiger charge is 2.78.